The Morgan fingerprint density at radius 1 is 0.904 bits per heavy atom. The maximum absolute atomic E-state index is 14.3. The average molecular weight is 1020 g/mol. The summed E-state index contributed by atoms with van der Waals surface area (Å²) in [4.78, 5) is 105. The summed E-state index contributed by atoms with van der Waals surface area (Å²) in [6.07, 6.45) is 9.39. The lowest BCUT2D eigenvalue weighted by atomic mass is 9.51. The summed E-state index contributed by atoms with van der Waals surface area (Å²) in [5.41, 5.74) is 10.3. The summed E-state index contributed by atoms with van der Waals surface area (Å²) in [5.74, 6) is -4.33. The Kier molecular flexibility index (Phi) is 19.2. The molecule has 400 valence electrons. The summed E-state index contributed by atoms with van der Waals surface area (Å²) in [6.45, 7) is 9.93. The number of cyclic esters (lactones) is 2. The second-order valence-electron chi connectivity index (χ2n) is 20.3. The van der Waals surface area contributed by atoms with Crippen LogP contribution in [0.4, 0.5) is 15.3 Å². The van der Waals surface area contributed by atoms with Crippen LogP contribution in [0, 0.1) is 22.7 Å². The smallest absolute Gasteiger partial charge is 0.408 e. The number of rotatable bonds is 18. The Labute approximate surface area is 426 Å². The minimum absolute atomic E-state index is 0.100. The number of epoxide rings is 1. The Morgan fingerprint density at radius 2 is 1.63 bits per heavy atom. The first kappa shape index (κ1) is 56.0. The van der Waals surface area contributed by atoms with E-state index in [2.05, 4.69) is 32.7 Å². The fourth-order valence-corrected chi connectivity index (χ4v) is 10.5. The van der Waals surface area contributed by atoms with Crippen molar-refractivity contribution < 1.29 is 66.8 Å². The van der Waals surface area contributed by atoms with Crippen molar-refractivity contribution in [3.63, 3.8) is 0 Å². The SMILES string of the molecule is CC1=C[C@H]2O[C@@H]3C[C@H]4OC(=O)/C=C\C=C\C(=O)OCC[C@@H](C)[C@@H](NC(=O)OCc5ccc(NC(=O)[C@H](CCCNC(N)=O)NC(=O)[C@@H](NC(=O)CCCCCN)C(C)C)cc5)C(=O)OC[C@@]2(CC1)[C@]4(C)[C@]31CO1. The molecule has 21 nitrogen and oxygen atoms in total. The molecule has 21 heteroatoms. The van der Waals surface area contributed by atoms with Gasteiger partial charge in [-0.2, -0.15) is 0 Å². The molecule has 5 aliphatic rings. The van der Waals surface area contributed by atoms with Gasteiger partial charge in [0, 0.05) is 42.6 Å². The summed E-state index contributed by atoms with van der Waals surface area (Å²) in [7, 11) is 0. The standard InChI is InChI=1S/C52H73N7O14/c1-31(2)43(58-40(60)13-7-6-10-23-53)46(64)57-36(12-11-24-55-48(54)66)45(63)56-35-18-16-34(17-19-35)28-69-49(67)59-44-33(4)21-25-68-41(61)14-8-9-15-42(62)73-37-27-39-52(30-71-52)50(37,5)51(29-70-47(44)65)22-20-32(3)26-38(51)72-39/h8-9,14-19,26,31,33,36-39,43-44H,6-7,10-13,20-25,27-30,53H2,1-5H3,(H,56,63)(H,57,64)(H,58,60)(H,59,67)(H3,54,55,66)/b14-8+,15-9-/t33-,36+,37-,38-,39-,43+,44-,50-,51-,52+/m1/s1. The number of allylic oxidation sites excluding steroid dienone is 3. The van der Waals surface area contributed by atoms with E-state index < -0.39 is 94.5 Å². The van der Waals surface area contributed by atoms with Gasteiger partial charge in [0.25, 0.3) is 0 Å². The van der Waals surface area contributed by atoms with Crippen LogP contribution in [0.25, 0.3) is 0 Å². The highest BCUT2D eigenvalue weighted by Crippen LogP contribution is 2.72. The lowest BCUT2D eigenvalue weighted by molar-refractivity contribution is -0.233. The van der Waals surface area contributed by atoms with Crippen molar-refractivity contribution >= 4 is 53.4 Å². The van der Waals surface area contributed by atoms with E-state index in [1.54, 1.807) is 45.0 Å². The van der Waals surface area contributed by atoms with Crippen molar-refractivity contribution in [3.8, 4) is 0 Å². The number of amides is 6. The van der Waals surface area contributed by atoms with Crippen LogP contribution in [0.3, 0.4) is 0 Å². The van der Waals surface area contributed by atoms with Gasteiger partial charge in [-0.25, -0.2) is 24.0 Å². The van der Waals surface area contributed by atoms with Crippen LogP contribution in [0.15, 0.2) is 60.2 Å². The topological polar surface area (TPSA) is 307 Å². The van der Waals surface area contributed by atoms with Gasteiger partial charge >= 0.3 is 30.0 Å². The van der Waals surface area contributed by atoms with Gasteiger partial charge in [-0.15, -0.1) is 0 Å². The second-order valence-corrected chi connectivity index (χ2v) is 20.3. The molecule has 3 aliphatic heterocycles. The molecular weight excluding hydrogens is 947 g/mol. The number of hydrogen-bond acceptors (Lipinski definition) is 15. The third-order valence-corrected chi connectivity index (χ3v) is 15.0. The molecular formula is C52H73N7O14. The lowest BCUT2D eigenvalue weighted by Crippen LogP contribution is -2.67. The van der Waals surface area contributed by atoms with E-state index in [0.29, 0.717) is 56.5 Å². The molecule has 2 saturated heterocycles. The monoisotopic (exact) mass is 1020 g/mol. The van der Waals surface area contributed by atoms with E-state index in [1.165, 1.54) is 18.2 Å². The zero-order valence-electron chi connectivity index (χ0n) is 42.5. The molecule has 3 fully saturated rings. The van der Waals surface area contributed by atoms with Gasteiger partial charge in [-0.3, -0.25) is 14.4 Å². The van der Waals surface area contributed by atoms with Crippen LogP contribution in [0.2, 0.25) is 0 Å². The van der Waals surface area contributed by atoms with Crippen LogP contribution < -0.4 is 38.1 Å². The Hall–Kier alpha value is -6.32. The van der Waals surface area contributed by atoms with E-state index in [-0.39, 0.29) is 63.6 Å². The van der Waals surface area contributed by atoms with E-state index in [4.69, 9.17) is 39.9 Å². The number of nitrogens with one attached hydrogen (secondary N) is 5. The minimum Gasteiger partial charge on any atom is -0.463 e. The largest absolute Gasteiger partial charge is 0.463 e. The van der Waals surface area contributed by atoms with Crippen molar-refractivity contribution in [2.75, 3.05) is 38.2 Å². The van der Waals surface area contributed by atoms with Crippen LogP contribution in [0.1, 0.15) is 104 Å². The maximum atomic E-state index is 14.3. The molecule has 2 bridgehead atoms. The second kappa shape index (κ2) is 25.1. The van der Waals surface area contributed by atoms with Gasteiger partial charge in [0.05, 0.1) is 30.8 Å². The first-order valence-corrected chi connectivity index (χ1v) is 25.3. The molecule has 6 rings (SSSR count). The van der Waals surface area contributed by atoms with Crippen molar-refractivity contribution in [3.05, 3.63) is 65.8 Å². The van der Waals surface area contributed by atoms with Crippen LogP contribution in [-0.4, -0.2) is 123 Å². The summed E-state index contributed by atoms with van der Waals surface area (Å²) in [6, 6.07) is 2.46. The van der Waals surface area contributed by atoms with Crippen molar-refractivity contribution in [1.82, 2.24) is 21.3 Å². The Bertz CT molecular complexity index is 2280. The van der Waals surface area contributed by atoms with Gasteiger partial charge < -0.3 is 66.5 Å². The number of unbranched alkanes of at least 4 members (excludes halogenated alkanes) is 2. The molecule has 0 aromatic heterocycles. The molecule has 6 amide bonds. The van der Waals surface area contributed by atoms with E-state index in [1.807, 2.05) is 13.8 Å². The molecule has 9 N–H and O–H groups in total. The van der Waals surface area contributed by atoms with E-state index in [0.717, 1.165) is 24.5 Å². The predicted octanol–water partition coefficient (Wildman–Crippen LogP) is 3.64. The van der Waals surface area contributed by atoms with Gasteiger partial charge in [0.15, 0.2) is 0 Å². The molecule has 10 atom stereocenters. The Balaban J connectivity index is 1.11. The van der Waals surface area contributed by atoms with Gasteiger partial charge in [0.1, 0.15) is 43.0 Å². The summed E-state index contributed by atoms with van der Waals surface area (Å²) < 4.78 is 36.3. The van der Waals surface area contributed by atoms with Gasteiger partial charge in [-0.1, -0.05) is 70.0 Å². The van der Waals surface area contributed by atoms with Gasteiger partial charge in [0.2, 0.25) is 17.7 Å². The predicted molar refractivity (Wildman–Crippen MR) is 265 cm³/mol. The highest BCUT2D eigenvalue weighted by molar-refractivity contribution is 5.98. The number of carbonyl (C=O) groups excluding carboxylic acids is 8. The maximum Gasteiger partial charge on any atom is 0.408 e. The fourth-order valence-electron chi connectivity index (χ4n) is 10.5. The normalized spacial score (nSPS) is 29.5. The molecule has 1 aromatic rings. The molecule has 1 aromatic carbocycles. The number of urea groups is 1. The number of primary amides is 1. The average Bonchev–Trinajstić information content (AvgIpc) is 4.14. The number of anilines is 1. The number of ether oxygens (including phenoxy) is 6. The highest BCUT2D eigenvalue weighted by Gasteiger charge is 2.83. The lowest BCUT2D eigenvalue weighted by Gasteiger charge is -2.58. The number of alkyl carbamates (subject to hydrolysis) is 1. The molecule has 0 radical (unpaired) electrons. The van der Waals surface area contributed by atoms with Crippen molar-refractivity contribution in [1.29, 1.82) is 0 Å². The molecule has 3 heterocycles. The third-order valence-electron chi connectivity index (χ3n) is 15.0. The summed E-state index contributed by atoms with van der Waals surface area (Å²) >= 11 is 0. The molecule has 0 unspecified atom stereocenters. The number of benzene rings is 1. The van der Waals surface area contributed by atoms with Crippen LogP contribution in [0.5, 0.6) is 0 Å². The van der Waals surface area contributed by atoms with E-state index in [9.17, 15) is 38.4 Å². The highest BCUT2D eigenvalue weighted by atomic mass is 16.6. The minimum atomic E-state index is -1.25. The van der Waals surface area contributed by atoms with Crippen molar-refractivity contribution in [2.45, 2.75) is 147 Å². The van der Waals surface area contributed by atoms with E-state index >= 15 is 0 Å². The zero-order chi connectivity index (χ0) is 52.9. The summed E-state index contributed by atoms with van der Waals surface area (Å²) in [5, 5.41) is 13.5. The zero-order valence-corrected chi connectivity index (χ0v) is 42.5. The molecule has 2 spiro atoms. The van der Waals surface area contributed by atoms with Crippen molar-refractivity contribution in [2.24, 2.45) is 34.1 Å². The first-order chi connectivity index (χ1) is 34.8. The molecule has 1 saturated carbocycles. The third kappa shape index (κ3) is 13.7. The van der Waals surface area contributed by atoms with Crippen LogP contribution >= 0.6 is 0 Å². The number of esters is 3. The number of hydrogen-bond donors (Lipinski definition) is 7. The molecule has 73 heavy (non-hydrogen) atoms. The first-order valence-electron chi connectivity index (χ1n) is 25.3. The number of nitrogens with two attached hydrogens (primary N) is 2. The Morgan fingerprint density at radius 3 is 2.32 bits per heavy atom. The fraction of sp³-hybridized carbons (Fsp3) is 0.615. The van der Waals surface area contributed by atoms with Gasteiger partial charge in [-0.05, 0) is 87.9 Å². The molecule has 2 aliphatic carbocycles. The van der Waals surface area contributed by atoms with Crippen LogP contribution in [-0.2, 0) is 63.8 Å². The number of carbonyl (C=O) groups is 8. The quantitative estimate of drug-likeness (QED) is 0.0363.